The van der Waals surface area contributed by atoms with E-state index in [1.165, 1.54) is 6.08 Å². The molecule has 2 aliphatic carbocycles. The molecule has 0 aromatic heterocycles. The predicted molar refractivity (Wildman–Crippen MR) is 95.2 cm³/mol. The highest BCUT2D eigenvalue weighted by molar-refractivity contribution is 6.32. The molecule has 3 aliphatic heterocycles. The lowest BCUT2D eigenvalue weighted by Crippen LogP contribution is -2.48. The summed E-state index contributed by atoms with van der Waals surface area (Å²) in [6, 6.07) is -0.152. The molecule has 8 heteroatoms. The van der Waals surface area contributed by atoms with Crippen molar-refractivity contribution >= 4 is 23.5 Å². The van der Waals surface area contributed by atoms with Gasteiger partial charge in [-0.05, 0) is 18.9 Å². The summed E-state index contributed by atoms with van der Waals surface area (Å²) in [7, 11) is 0. The van der Waals surface area contributed by atoms with Gasteiger partial charge in [0.25, 0.3) is 5.78 Å². The van der Waals surface area contributed by atoms with Crippen molar-refractivity contribution in [3.05, 3.63) is 58.0 Å². The van der Waals surface area contributed by atoms with Crippen LogP contribution in [-0.4, -0.2) is 52.5 Å². The van der Waals surface area contributed by atoms with Crippen molar-refractivity contribution < 1.29 is 24.2 Å². The summed E-state index contributed by atoms with van der Waals surface area (Å²) in [5, 5.41) is 9.38. The second-order valence-electron chi connectivity index (χ2n) is 7.05. The lowest BCUT2D eigenvalue weighted by molar-refractivity contribution is -0.117. The van der Waals surface area contributed by atoms with Crippen molar-refractivity contribution in [3.8, 4) is 0 Å². The highest BCUT2D eigenvalue weighted by Gasteiger charge is 2.47. The molecule has 1 fully saturated rings. The average molecular weight is 389 g/mol. The Kier molecular flexibility index (Phi) is 3.62. The van der Waals surface area contributed by atoms with Gasteiger partial charge in [0, 0.05) is 31.6 Å². The first-order valence-corrected chi connectivity index (χ1v) is 9.32. The second kappa shape index (κ2) is 5.92. The van der Waals surface area contributed by atoms with E-state index in [0.29, 0.717) is 23.0 Å². The maximum Gasteiger partial charge on any atom is 0.511 e. The van der Waals surface area contributed by atoms with E-state index in [4.69, 9.17) is 21.4 Å². The van der Waals surface area contributed by atoms with Gasteiger partial charge in [0.05, 0.1) is 17.4 Å². The SMILES string of the molecule is O=C(O)OC1=CC2=C(OC3=C(Cl)C(N4CCCC4)=CC4C=CCN2[C@H]34)C1=O. The molecule has 0 spiro atoms. The number of likely N-dealkylation sites (tertiary alicyclic amines) is 1. The molecule has 1 saturated heterocycles. The molecule has 0 aromatic rings. The smallest absolute Gasteiger partial charge is 0.451 e. The fourth-order valence-corrected chi connectivity index (χ4v) is 4.70. The van der Waals surface area contributed by atoms with Gasteiger partial charge in [-0.1, -0.05) is 23.8 Å². The number of allylic oxidation sites excluding steroid dienone is 2. The molecular formula is C19H17ClN2O5. The van der Waals surface area contributed by atoms with Crippen molar-refractivity contribution in [3.63, 3.8) is 0 Å². The van der Waals surface area contributed by atoms with Crippen LogP contribution in [0.5, 0.6) is 0 Å². The number of hydrogen-bond donors (Lipinski definition) is 1. The topological polar surface area (TPSA) is 79.3 Å². The average Bonchev–Trinajstić information content (AvgIpc) is 3.27. The molecule has 0 amide bonds. The third-order valence-electron chi connectivity index (χ3n) is 5.52. The van der Waals surface area contributed by atoms with Gasteiger partial charge in [-0.2, -0.15) is 0 Å². The van der Waals surface area contributed by atoms with Gasteiger partial charge in [-0.3, -0.25) is 4.79 Å². The Labute approximate surface area is 160 Å². The van der Waals surface area contributed by atoms with Crippen LogP contribution in [0, 0.1) is 5.92 Å². The van der Waals surface area contributed by atoms with Gasteiger partial charge in [0.2, 0.25) is 5.76 Å². The molecular weight excluding hydrogens is 372 g/mol. The summed E-state index contributed by atoms with van der Waals surface area (Å²) in [6.07, 6.45) is 8.49. The van der Waals surface area contributed by atoms with Crippen molar-refractivity contribution in [2.24, 2.45) is 5.92 Å². The van der Waals surface area contributed by atoms with E-state index < -0.39 is 11.9 Å². The standard InChI is InChI=1S/C19H17ClN2O5/c20-14-11(21-5-1-2-6-21)8-10-4-3-7-22-12-9-13(26-19(24)25)16(23)17(12)27-18(14)15(10)22/h3-4,8-10,15H,1-2,5-7H2,(H,24,25)/t10?,15-/m0/s1. The van der Waals surface area contributed by atoms with E-state index in [9.17, 15) is 9.59 Å². The number of hydrogen-bond acceptors (Lipinski definition) is 6. The summed E-state index contributed by atoms with van der Waals surface area (Å²) in [4.78, 5) is 27.7. The van der Waals surface area contributed by atoms with Crippen molar-refractivity contribution in [2.75, 3.05) is 19.6 Å². The van der Waals surface area contributed by atoms with Crippen LogP contribution in [0.3, 0.4) is 0 Å². The zero-order valence-corrected chi connectivity index (χ0v) is 15.1. The van der Waals surface area contributed by atoms with Crippen molar-refractivity contribution in [1.29, 1.82) is 0 Å². The number of ether oxygens (including phenoxy) is 2. The third kappa shape index (κ3) is 2.41. The Morgan fingerprint density at radius 2 is 2.11 bits per heavy atom. The van der Waals surface area contributed by atoms with Gasteiger partial charge in [-0.25, -0.2) is 4.79 Å². The number of rotatable bonds is 2. The first-order chi connectivity index (χ1) is 13.0. The molecule has 1 unspecified atom stereocenters. The Morgan fingerprint density at radius 1 is 1.33 bits per heavy atom. The summed E-state index contributed by atoms with van der Waals surface area (Å²) in [6.45, 7) is 2.48. The van der Waals surface area contributed by atoms with Gasteiger partial charge >= 0.3 is 6.16 Å². The molecule has 0 aromatic carbocycles. The first-order valence-electron chi connectivity index (χ1n) is 8.94. The Bertz CT molecular complexity index is 907. The third-order valence-corrected chi connectivity index (χ3v) is 5.90. The molecule has 3 heterocycles. The molecule has 140 valence electrons. The summed E-state index contributed by atoms with van der Waals surface area (Å²) >= 11 is 6.72. The van der Waals surface area contributed by atoms with Gasteiger partial charge < -0.3 is 24.4 Å². The summed E-state index contributed by atoms with van der Waals surface area (Å²) in [5.41, 5.74) is 1.49. The molecule has 0 radical (unpaired) electrons. The van der Waals surface area contributed by atoms with E-state index in [2.05, 4.69) is 21.8 Å². The Balaban J connectivity index is 1.57. The van der Waals surface area contributed by atoms with E-state index in [0.717, 1.165) is 31.6 Å². The largest absolute Gasteiger partial charge is 0.511 e. The number of carboxylic acid groups (broad SMARTS) is 1. The van der Waals surface area contributed by atoms with E-state index in [-0.39, 0.29) is 23.5 Å². The minimum absolute atomic E-state index is 0.0637. The summed E-state index contributed by atoms with van der Waals surface area (Å²) in [5.74, 6) is -0.137. The van der Waals surface area contributed by atoms with Crippen molar-refractivity contribution in [1.82, 2.24) is 9.80 Å². The number of nitrogens with zero attached hydrogens (tertiary/aromatic N) is 2. The normalized spacial score (nSPS) is 28.7. The predicted octanol–water partition coefficient (Wildman–Crippen LogP) is 2.69. The number of carbonyl (C=O) groups is 2. The van der Waals surface area contributed by atoms with Crippen LogP contribution >= 0.6 is 11.6 Å². The lowest BCUT2D eigenvalue weighted by Gasteiger charge is -2.46. The molecule has 1 N–H and O–H groups in total. The fourth-order valence-electron chi connectivity index (χ4n) is 4.36. The van der Waals surface area contributed by atoms with Crippen LogP contribution in [0.15, 0.2) is 58.0 Å². The highest BCUT2D eigenvalue weighted by atomic mass is 35.5. The van der Waals surface area contributed by atoms with Crippen LogP contribution in [0.2, 0.25) is 0 Å². The number of ketones is 1. The monoisotopic (exact) mass is 388 g/mol. The van der Waals surface area contributed by atoms with Crippen LogP contribution in [-0.2, 0) is 14.3 Å². The molecule has 7 nitrogen and oxygen atoms in total. The maximum atomic E-state index is 12.6. The number of halogens is 1. The van der Waals surface area contributed by atoms with Crippen LogP contribution in [0.1, 0.15) is 12.8 Å². The van der Waals surface area contributed by atoms with Gasteiger partial charge in [-0.15, -0.1) is 0 Å². The minimum Gasteiger partial charge on any atom is -0.451 e. The Hall–Kier alpha value is -2.67. The molecule has 2 atom stereocenters. The number of carbonyl (C=O) groups excluding carboxylic acids is 1. The van der Waals surface area contributed by atoms with Gasteiger partial charge in [0.1, 0.15) is 10.8 Å². The number of Topliss-reactive ketones (excluding diaryl/α,β-unsaturated/α-hetero) is 1. The molecule has 0 bridgehead atoms. The molecule has 27 heavy (non-hydrogen) atoms. The van der Waals surface area contributed by atoms with E-state index >= 15 is 0 Å². The quantitative estimate of drug-likeness (QED) is 0.575. The van der Waals surface area contributed by atoms with Crippen LogP contribution < -0.4 is 0 Å². The fraction of sp³-hybridized carbons (Fsp3) is 0.368. The zero-order valence-electron chi connectivity index (χ0n) is 14.4. The first kappa shape index (κ1) is 16.5. The van der Waals surface area contributed by atoms with Crippen LogP contribution in [0.25, 0.3) is 0 Å². The molecule has 5 aliphatic rings. The second-order valence-corrected chi connectivity index (χ2v) is 7.43. The molecule has 0 saturated carbocycles. The number of fused-ring (bicyclic) bond motifs is 1. The zero-order chi connectivity index (χ0) is 18.7. The van der Waals surface area contributed by atoms with Gasteiger partial charge in [0.15, 0.2) is 5.76 Å². The minimum atomic E-state index is -1.53. The maximum absolute atomic E-state index is 12.6. The lowest BCUT2D eigenvalue weighted by atomic mass is 9.86. The van der Waals surface area contributed by atoms with E-state index in [1.807, 2.05) is 11.0 Å². The molecule has 5 rings (SSSR count). The van der Waals surface area contributed by atoms with Crippen molar-refractivity contribution in [2.45, 2.75) is 18.9 Å². The summed E-state index contributed by atoms with van der Waals surface area (Å²) < 4.78 is 10.6. The Morgan fingerprint density at radius 3 is 2.85 bits per heavy atom. The highest BCUT2D eigenvalue weighted by Crippen LogP contribution is 2.46. The van der Waals surface area contributed by atoms with E-state index in [1.54, 1.807) is 0 Å². The van der Waals surface area contributed by atoms with Crippen LogP contribution in [0.4, 0.5) is 4.79 Å².